The predicted octanol–water partition coefficient (Wildman–Crippen LogP) is 1.02. The van der Waals surface area contributed by atoms with Crippen molar-refractivity contribution in [3.63, 3.8) is 0 Å². The van der Waals surface area contributed by atoms with E-state index < -0.39 is 23.3 Å². The number of amides is 2. The molecule has 2 aromatic rings. The van der Waals surface area contributed by atoms with Gasteiger partial charge >= 0.3 is 5.97 Å². The number of carbonyl (C=O) groups excluding carboxylic acids is 3. The molecule has 1 aliphatic carbocycles. The van der Waals surface area contributed by atoms with E-state index in [4.69, 9.17) is 4.84 Å². The Hall–Kier alpha value is -3.29. The fourth-order valence-corrected chi connectivity index (χ4v) is 2.50. The van der Waals surface area contributed by atoms with Crippen LogP contribution in [-0.4, -0.2) is 32.8 Å². The van der Waals surface area contributed by atoms with Gasteiger partial charge in [-0.25, -0.2) is 9.78 Å². The molecule has 2 amide bonds. The molecular formula is C16H11N3O5. The molecule has 4 rings (SSSR count). The first kappa shape index (κ1) is 14.3. The van der Waals surface area contributed by atoms with Crippen molar-refractivity contribution in [3.8, 4) is 0 Å². The molecule has 0 atom stereocenters. The summed E-state index contributed by atoms with van der Waals surface area (Å²) in [4.78, 5) is 59.8. The average Bonchev–Trinajstić information content (AvgIpc) is 3.40. The minimum atomic E-state index is -1.11. The Kier molecular flexibility index (Phi) is 3.05. The van der Waals surface area contributed by atoms with Gasteiger partial charge in [0.15, 0.2) is 0 Å². The van der Waals surface area contributed by atoms with E-state index in [1.165, 1.54) is 12.1 Å². The second-order valence-electron chi connectivity index (χ2n) is 5.61. The lowest BCUT2D eigenvalue weighted by Gasteiger charge is -2.12. The van der Waals surface area contributed by atoms with E-state index in [0.717, 1.165) is 19.0 Å². The van der Waals surface area contributed by atoms with Crippen LogP contribution in [0.15, 0.2) is 35.3 Å². The van der Waals surface area contributed by atoms with Crippen LogP contribution in [0.3, 0.4) is 0 Å². The van der Waals surface area contributed by atoms with Crippen LogP contribution in [0.5, 0.6) is 0 Å². The van der Waals surface area contributed by atoms with Crippen molar-refractivity contribution in [3.05, 3.63) is 63.3 Å². The Bertz CT molecular complexity index is 910. The van der Waals surface area contributed by atoms with E-state index in [1.54, 1.807) is 12.1 Å². The Balaban J connectivity index is 1.58. The molecule has 1 aromatic heterocycles. The van der Waals surface area contributed by atoms with Crippen molar-refractivity contribution in [2.45, 2.75) is 18.8 Å². The first-order chi connectivity index (χ1) is 11.6. The van der Waals surface area contributed by atoms with Gasteiger partial charge in [0.1, 0.15) is 11.4 Å². The zero-order chi connectivity index (χ0) is 16.8. The van der Waals surface area contributed by atoms with E-state index in [0.29, 0.717) is 10.9 Å². The fourth-order valence-electron chi connectivity index (χ4n) is 2.50. The minimum Gasteiger partial charge on any atom is -0.324 e. The van der Waals surface area contributed by atoms with Crippen molar-refractivity contribution in [2.75, 3.05) is 0 Å². The third-order valence-electron chi connectivity index (χ3n) is 3.93. The standard InChI is InChI=1S/C16H11N3O5/c20-13-11(7-17-12(18-13)8-5-6-8)16(23)24-19-14(21)9-3-1-2-4-10(9)15(19)22/h1-4,7-8H,5-6H2,(H,17,18,20). The molecular weight excluding hydrogens is 314 g/mol. The maximum atomic E-state index is 12.1. The van der Waals surface area contributed by atoms with Gasteiger partial charge in [-0.15, -0.1) is 0 Å². The van der Waals surface area contributed by atoms with E-state index in [2.05, 4.69) is 9.97 Å². The fraction of sp³-hybridized carbons (Fsp3) is 0.188. The second kappa shape index (κ2) is 5.12. The van der Waals surface area contributed by atoms with Crippen LogP contribution in [0.2, 0.25) is 0 Å². The lowest BCUT2D eigenvalue weighted by molar-refractivity contribution is -0.0586. The molecule has 1 saturated carbocycles. The molecule has 0 radical (unpaired) electrons. The maximum Gasteiger partial charge on any atom is 0.371 e. The van der Waals surface area contributed by atoms with Crippen LogP contribution >= 0.6 is 0 Å². The molecule has 1 N–H and O–H groups in total. The largest absolute Gasteiger partial charge is 0.371 e. The van der Waals surface area contributed by atoms with Crippen molar-refractivity contribution < 1.29 is 19.2 Å². The highest BCUT2D eigenvalue weighted by Crippen LogP contribution is 2.37. The van der Waals surface area contributed by atoms with Crippen LogP contribution in [0.4, 0.5) is 0 Å². The number of H-pyrrole nitrogens is 1. The zero-order valence-electron chi connectivity index (χ0n) is 12.3. The third-order valence-corrected chi connectivity index (χ3v) is 3.93. The number of hydrogen-bond donors (Lipinski definition) is 1. The van der Waals surface area contributed by atoms with Crippen LogP contribution in [0, 0.1) is 0 Å². The third kappa shape index (κ3) is 2.19. The van der Waals surface area contributed by atoms with E-state index >= 15 is 0 Å². The Labute approximate surface area is 135 Å². The first-order valence-corrected chi connectivity index (χ1v) is 7.35. The number of nitrogens with one attached hydrogen (secondary N) is 1. The van der Waals surface area contributed by atoms with E-state index in [9.17, 15) is 19.2 Å². The van der Waals surface area contributed by atoms with E-state index in [1.807, 2.05) is 0 Å². The molecule has 2 heterocycles. The Morgan fingerprint density at radius 2 is 1.75 bits per heavy atom. The van der Waals surface area contributed by atoms with Crippen molar-refractivity contribution in [2.24, 2.45) is 0 Å². The molecule has 0 saturated heterocycles. The number of aromatic nitrogens is 2. The number of fused-ring (bicyclic) bond motifs is 1. The summed E-state index contributed by atoms with van der Waals surface area (Å²) in [6.45, 7) is 0. The van der Waals surface area contributed by atoms with Gasteiger partial charge in [-0.3, -0.25) is 14.4 Å². The van der Waals surface area contributed by atoms with Crippen LogP contribution in [-0.2, 0) is 4.84 Å². The number of aromatic amines is 1. The lowest BCUT2D eigenvalue weighted by atomic mass is 10.1. The first-order valence-electron chi connectivity index (χ1n) is 7.35. The van der Waals surface area contributed by atoms with E-state index in [-0.39, 0.29) is 22.6 Å². The Morgan fingerprint density at radius 3 is 2.29 bits per heavy atom. The van der Waals surface area contributed by atoms with Crippen molar-refractivity contribution in [1.29, 1.82) is 0 Å². The summed E-state index contributed by atoms with van der Waals surface area (Å²) >= 11 is 0. The number of imide groups is 1. The zero-order valence-corrected chi connectivity index (χ0v) is 12.3. The van der Waals surface area contributed by atoms with Gasteiger partial charge < -0.3 is 9.82 Å². The summed E-state index contributed by atoms with van der Waals surface area (Å²) in [5.74, 6) is -1.86. The lowest BCUT2D eigenvalue weighted by Crippen LogP contribution is -2.34. The molecule has 2 aliphatic rings. The average molecular weight is 325 g/mol. The number of nitrogens with zero attached hydrogens (tertiary/aromatic N) is 2. The molecule has 120 valence electrons. The molecule has 0 bridgehead atoms. The topological polar surface area (TPSA) is 109 Å². The van der Waals surface area contributed by atoms with Crippen molar-refractivity contribution in [1.82, 2.24) is 15.0 Å². The number of hydrogen-bond acceptors (Lipinski definition) is 6. The summed E-state index contributed by atoms with van der Waals surface area (Å²) in [5, 5.41) is 0.362. The summed E-state index contributed by atoms with van der Waals surface area (Å²) in [6, 6.07) is 6.12. The predicted molar refractivity (Wildman–Crippen MR) is 79.2 cm³/mol. The van der Waals surface area contributed by atoms with Crippen LogP contribution in [0.25, 0.3) is 0 Å². The number of hydroxylamine groups is 2. The Morgan fingerprint density at radius 1 is 1.12 bits per heavy atom. The smallest absolute Gasteiger partial charge is 0.324 e. The van der Waals surface area contributed by atoms with Gasteiger partial charge in [0.2, 0.25) is 0 Å². The molecule has 24 heavy (non-hydrogen) atoms. The quantitative estimate of drug-likeness (QED) is 0.844. The maximum absolute atomic E-state index is 12.1. The van der Waals surface area contributed by atoms with Gasteiger partial charge in [-0.1, -0.05) is 17.2 Å². The molecule has 1 fully saturated rings. The van der Waals surface area contributed by atoms with Crippen LogP contribution in [0.1, 0.15) is 55.7 Å². The summed E-state index contributed by atoms with van der Waals surface area (Å²) in [7, 11) is 0. The summed E-state index contributed by atoms with van der Waals surface area (Å²) in [6.07, 6.45) is 3.00. The number of benzene rings is 1. The van der Waals surface area contributed by atoms with Gasteiger partial charge in [0.05, 0.1) is 11.1 Å². The van der Waals surface area contributed by atoms with Crippen molar-refractivity contribution >= 4 is 17.8 Å². The van der Waals surface area contributed by atoms with Gasteiger partial charge in [0.25, 0.3) is 17.4 Å². The molecule has 1 aromatic carbocycles. The molecule has 8 nitrogen and oxygen atoms in total. The summed E-state index contributed by atoms with van der Waals surface area (Å²) < 4.78 is 0. The highest BCUT2D eigenvalue weighted by atomic mass is 16.7. The molecule has 0 spiro atoms. The molecule has 0 unspecified atom stereocenters. The highest BCUT2D eigenvalue weighted by molar-refractivity contribution is 6.21. The minimum absolute atomic E-state index is 0.145. The van der Waals surface area contributed by atoms with Crippen LogP contribution < -0.4 is 5.56 Å². The monoisotopic (exact) mass is 325 g/mol. The molecule has 1 aliphatic heterocycles. The van der Waals surface area contributed by atoms with Gasteiger partial charge in [0, 0.05) is 12.1 Å². The van der Waals surface area contributed by atoms with Gasteiger partial charge in [-0.05, 0) is 25.0 Å². The van der Waals surface area contributed by atoms with Gasteiger partial charge in [-0.2, -0.15) is 0 Å². The number of rotatable bonds is 3. The SMILES string of the molecule is O=C(ON1C(=O)c2ccccc2C1=O)c1cnc(C2CC2)[nH]c1=O. The highest BCUT2D eigenvalue weighted by Gasteiger charge is 2.39. The normalized spacial score (nSPS) is 16.2. The number of carbonyl (C=O) groups is 3. The molecule has 8 heteroatoms. The summed E-state index contributed by atoms with van der Waals surface area (Å²) in [5.41, 5.74) is -0.734. The second-order valence-corrected chi connectivity index (χ2v) is 5.61.